The molecule has 4 aliphatic carbocycles. The second kappa shape index (κ2) is 5.03. The minimum Gasteiger partial charge on any atom is -0.290 e. The first-order valence-electron chi connectivity index (χ1n) is 8.89. The number of carbonyl (C=O) groups is 2. The minimum atomic E-state index is -0.858. The summed E-state index contributed by atoms with van der Waals surface area (Å²) in [6.45, 7) is 4.56. The van der Waals surface area contributed by atoms with E-state index in [-0.39, 0.29) is 28.3 Å². The zero-order valence-electron chi connectivity index (χ0n) is 13.8. The summed E-state index contributed by atoms with van der Waals surface area (Å²) in [5.41, 5.74) is 1.60. The van der Waals surface area contributed by atoms with E-state index in [1.165, 1.54) is 19.3 Å². The minimum absolute atomic E-state index is 0.118. The van der Waals surface area contributed by atoms with Gasteiger partial charge in [-0.25, -0.2) is 0 Å². The highest BCUT2D eigenvalue weighted by Gasteiger charge is 2.70. The zero-order chi connectivity index (χ0) is 16.6. The molecule has 23 heavy (non-hydrogen) atoms. The third kappa shape index (κ3) is 1.91. The van der Waals surface area contributed by atoms with Gasteiger partial charge < -0.3 is 0 Å². The Balaban J connectivity index is 1.77. The van der Waals surface area contributed by atoms with Crippen LogP contribution in [0.25, 0.3) is 0 Å². The summed E-state index contributed by atoms with van der Waals surface area (Å²) >= 11 is 7.16. The Hall–Kier alpha value is 0.0400. The van der Waals surface area contributed by atoms with E-state index in [4.69, 9.17) is 0 Å². The number of alkyl halides is 2. The Morgan fingerprint density at radius 2 is 1.87 bits per heavy atom. The Morgan fingerprint density at radius 1 is 1.13 bits per heavy atom. The molecule has 2 nitrogen and oxygen atoms in total. The molecule has 0 amide bonds. The lowest BCUT2D eigenvalue weighted by Gasteiger charge is -2.57. The van der Waals surface area contributed by atoms with Gasteiger partial charge in [-0.15, -0.1) is 0 Å². The average molecular weight is 444 g/mol. The van der Waals surface area contributed by atoms with Crippen molar-refractivity contribution in [1.82, 2.24) is 0 Å². The molecule has 126 valence electrons. The molecule has 0 aromatic rings. The van der Waals surface area contributed by atoms with Gasteiger partial charge in [0, 0.05) is 11.3 Å². The molecule has 0 aromatic carbocycles. The van der Waals surface area contributed by atoms with Crippen LogP contribution in [0.2, 0.25) is 0 Å². The molecule has 0 aromatic heterocycles. The third-order valence-electron chi connectivity index (χ3n) is 7.70. The topological polar surface area (TPSA) is 34.1 Å². The number of Topliss-reactive ketones (excluding diaryl/α,β-unsaturated/α-hetero) is 2. The van der Waals surface area contributed by atoms with E-state index in [1.807, 2.05) is 0 Å². The van der Waals surface area contributed by atoms with E-state index < -0.39 is 3.23 Å². The van der Waals surface area contributed by atoms with E-state index >= 15 is 0 Å². The van der Waals surface area contributed by atoms with Crippen LogP contribution < -0.4 is 0 Å². The molecule has 3 saturated carbocycles. The lowest BCUT2D eigenvalue weighted by atomic mass is 9.47. The number of carbonyl (C=O) groups excluding carboxylic acids is 2. The predicted octanol–water partition coefficient (Wildman–Crippen LogP) is 5.18. The smallest absolute Gasteiger partial charge is 0.226 e. The van der Waals surface area contributed by atoms with Crippen molar-refractivity contribution >= 4 is 43.4 Å². The van der Waals surface area contributed by atoms with Gasteiger partial charge in [0.05, 0.1) is 0 Å². The highest BCUT2D eigenvalue weighted by atomic mass is 79.9. The van der Waals surface area contributed by atoms with Gasteiger partial charge in [-0.1, -0.05) is 57.4 Å². The summed E-state index contributed by atoms with van der Waals surface area (Å²) in [5.74, 6) is 0.408. The summed E-state index contributed by atoms with van der Waals surface area (Å²) in [4.78, 5) is 25.4. The van der Waals surface area contributed by atoms with Crippen LogP contribution in [0.1, 0.15) is 58.8 Å². The molecular weight excluding hydrogens is 420 g/mol. The number of hydrogen-bond acceptors (Lipinski definition) is 2. The van der Waals surface area contributed by atoms with Crippen molar-refractivity contribution in [1.29, 1.82) is 0 Å². The quantitative estimate of drug-likeness (QED) is 0.293. The molecular formula is C19H24Br2O2. The first-order valence-corrected chi connectivity index (χ1v) is 10.5. The zero-order valence-corrected chi connectivity index (χ0v) is 17.0. The summed E-state index contributed by atoms with van der Waals surface area (Å²) in [5, 5.41) is 0. The molecule has 0 saturated heterocycles. The SMILES string of the molecule is C[C@]12CCCC=C1CC[C@@H]1[C@@H]2CC[C@@]2(C)[C@H]1C(=O)C(=O)C2(Br)Br. The summed E-state index contributed by atoms with van der Waals surface area (Å²) in [7, 11) is 0. The molecule has 0 heterocycles. The molecule has 4 heteroatoms. The van der Waals surface area contributed by atoms with Gasteiger partial charge in [0.25, 0.3) is 0 Å². The van der Waals surface area contributed by atoms with E-state index in [9.17, 15) is 9.59 Å². The third-order valence-corrected chi connectivity index (χ3v) is 10.2. The Morgan fingerprint density at radius 3 is 2.61 bits per heavy atom. The van der Waals surface area contributed by atoms with Crippen molar-refractivity contribution in [2.45, 2.75) is 62.0 Å². The fraction of sp³-hybridized carbons (Fsp3) is 0.789. The highest BCUT2D eigenvalue weighted by Crippen LogP contribution is 2.68. The lowest BCUT2D eigenvalue weighted by Crippen LogP contribution is -2.52. The number of ketones is 2. The van der Waals surface area contributed by atoms with Gasteiger partial charge >= 0.3 is 0 Å². The number of allylic oxidation sites excluding steroid dienone is 2. The molecule has 4 aliphatic rings. The Labute approximate surface area is 155 Å². The van der Waals surface area contributed by atoms with E-state index in [0.717, 1.165) is 25.7 Å². The second-order valence-electron chi connectivity index (χ2n) is 8.55. The maximum absolute atomic E-state index is 12.9. The van der Waals surface area contributed by atoms with Crippen LogP contribution in [0.4, 0.5) is 0 Å². The van der Waals surface area contributed by atoms with Crippen molar-refractivity contribution in [2.75, 3.05) is 0 Å². The van der Waals surface area contributed by atoms with Crippen LogP contribution in [-0.4, -0.2) is 14.8 Å². The second-order valence-corrected chi connectivity index (χ2v) is 12.0. The average Bonchev–Trinajstić information content (AvgIpc) is 2.65. The molecule has 0 spiro atoms. The largest absolute Gasteiger partial charge is 0.290 e. The van der Waals surface area contributed by atoms with Gasteiger partial charge in [0.2, 0.25) is 11.6 Å². The van der Waals surface area contributed by atoms with E-state index in [2.05, 4.69) is 51.8 Å². The molecule has 0 N–H and O–H groups in total. The number of hydrogen-bond donors (Lipinski definition) is 0. The predicted molar refractivity (Wildman–Crippen MR) is 97.7 cm³/mol. The highest BCUT2D eigenvalue weighted by molar-refractivity contribution is 9.26. The number of rotatable bonds is 0. The van der Waals surface area contributed by atoms with Gasteiger partial charge in [-0.05, 0) is 62.2 Å². The standard InChI is InChI=1S/C19H24Br2O2/c1-17-9-4-3-5-11(17)6-7-12-13(17)8-10-18(2)14(12)15(22)16(23)19(18,20)21/h5,12-14H,3-4,6-10H2,1-2H3/t12-,13+,14-,17+,18+/m1/s1. The van der Waals surface area contributed by atoms with Crippen LogP contribution in [-0.2, 0) is 9.59 Å². The van der Waals surface area contributed by atoms with Gasteiger partial charge in [0.1, 0.15) is 0 Å². The molecule has 3 fully saturated rings. The Kier molecular flexibility index (Phi) is 3.61. The Bertz CT molecular complexity index is 623. The monoisotopic (exact) mass is 442 g/mol. The fourth-order valence-corrected chi connectivity index (χ4v) is 7.63. The normalized spacial score (nSPS) is 48.3. The molecule has 0 aliphatic heterocycles. The van der Waals surface area contributed by atoms with Crippen LogP contribution in [0.15, 0.2) is 11.6 Å². The first kappa shape index (κ1) is 16.5. The maximum Gasteiger partial charge on any atom is 0.226 e. The van der Waals surface area contributed by atoms with Crippen molar-refractivity contribution in [3.05, 3.63) is 11.6 Å². The van der Waals surface area contributed by atoms with Crippen molar-refractivity contribution in [3.63, 3.8) is 0 Å². The molecule has 5 atom stereocenters. The van der Waals surface area contributed by atoms with Crippen LogP contribution in [0.3, 0.4) is 0 Å². The van der Waals surface area contributed by atoms with Gasteiger partial charge in [0.15, 0.2) is 3.23 Å². The van der Waals surface area contributed by atoms with Crippen LogP contribution in [0, 0.1) is 28.6 Å². The lowest BCUT2D eigenvalue weighted by molar-refractivity contribution is -0.139. The van der Waals surface area contributed by atoms with Gasteiger partial charge in [-0.2, -0.15) is 0 Å². The van der Waals surface area contributed by atoms with Crippen LogP contribution in [0.5, 0.6) is 0 Å². The van der Waals surface area contributed by atoms with Crippen molar-refractivity contribution < 1.29 is 9.59 Å². The van der Waals surface area contributed by atoms with Crippen molar-refractivity contribution in [2.24, 2.45) is 28.6 Å². The summed E-state index contributed by atoms with van der Waals surface area (Å²) < 4.78 is -0.858. The van der Waals surface area contributed by atoms with E-state index in [0.29, 0.717) is 11.8 Å². The molecule has 0 unspecified atom stereocenters. The molecule has 0 bridgehead atoms. The summed E-state index contributed by atoms with van der Waals surface area (Å²) in [6, 6.07) is 0. The fourth-order valence-electron chi connectivity index (χ4n) is 6.35. The summed E-state index contributed by atoms with van der Waals surface area (Å²) in [6.07, 6.45) is 10.4. The van der Waals surface area contributed by atoms with E-state index in [1.54, 1.807) is 5.57 Å². The molecule has 4 rings (SSSR count). The van der Waals surface area contributed by atoms with Crippen LogP contribution >= 0.6 is 31.9 Å². The maximum atomic E-state index is 12.9. The molecule has 0 radical (unpaired) electrons. The van der Waals surface area contributed by atoms with Gasteiger partial charge in [-0.3, -0.25) is 9.59 Å². The van der Waals surface area contributed by atoms with Crippen molar-refractivity contribution in [3.8, 4) is 0 Å². The number of fused-ring (bicyclic) bond motifs is 5. The first-order chi connectivity index (χ1) is 10.7. The number of halogens is 2.